The zero-order valence-corrected chi connectivity index (χ0v) is 26.5. The van der Waals surface area contributed by atoms with Crippen molar-refractivity contribution >= 4 is 44.5 Å². The van der Waals surface area contributed by atoms with Gasteiger partial charge in [0.25, 0.3) is 0 Å². The molecule has 6 heteroatoms. The van der Waals surface area contributed by atoms with Gasteiger partial charge >= 0.3 is 0 Å². The van der Waals surface area contributed by atoms with E-state index in [9.17, 15) is 5.11 Å². The third-order valence-electron chi connectivity index (χ3n) is 7.52. The molecule has 0 saturated carbocycles. The average Bonchev–Trinajstić information content (AvgIpc) is 3.31. The number of pyridine rings is 2. The number of rotatable bonds is 4. The molecule has 3 aromatic heterocycles. The number of fused-ring (bicyclic) bond motifs is 4. The van der Waals surface area contributed by atoms with Gasteiger partial charge in [-0.25, -0.2) is 9.97 Å². The molecular formula is C36H28N3OPtS-. The minimum atomic E-state index is 0. The van der Waals surface area contributed by atoms with E-state index in [4.69, 9.17) is 4.98 Å². The van der Waals surface area contributed by atoms with E-state index in [1.165, 1.54) is 17.3 Å². The Morgan fingerprint density at radius 2 is 1.52 bits per heavy atom. The molecule has 0 atom stereocenters. The summed E-state index contributed by atoms with van der Waals surface area (Å²) in [5, 5.41) is 14.8. The number of para-hydroxylation sites is 1. The summed E-state index contributed by atoms with van der Waals surface area (Å²) in [5.74, 6) is 1.03. The third kappa shape index (κ3) is 5.02. The first-order chi connectivity index (χ1) is 19.9. The first-order valence-electron chi connectivity index (χ1n) is 13.7. The summed E-state index contributed by atoms with van der Waals surface area (Å²) in [6, 6.07) is 38.6. The van der Waals surface area contributed by atoms with Crippen LogP contribution in [0.25, 0.3) is 49.7 Å². The Balaban J connectivity index is 0.00000316. The van der Waals surface area contributed by atoms with Gasteiger partial charge in [0.05, 0.1) is 5.03 Å². The van der Waals surface area contributed by atoms with E-state index in [2.05, 4.69) is 103 Å². The van der Waals surface area contributed by atoms with Crippen LogP contribution in [0, 0.1) is 6.07 Å². The van der Waals surface area contributed by atoms with Crippen LogP contribution in [0.2, 0.25) is 0 Å². The Hall–Kier alpha value is -3.92. The van der Waals surface area contributed by atoms with Crippen molar-refractivity contribution in [3.05, 3.63) is 121 Å². The SMILES string of the molecule is CC(C)(C)c1ccc(-c2ccc(O)c3nc(Sc4[c-]c5c(cc4)c4ccccc4n5-c4ccccn4)ccc23)cc1.[Pt]. The molecule has 3 heterocycles. The second kappa shape index (κ2) is 11.1. The maximum Gasteiger partial charge on any atom is 0.141 e. The molecule has 0 bridgehead atoms. The van der Waals surface area contributed by atoms with Crippen molar-refractivity contribution in [1.82, 2.24) is 14.5 Å². The van der Waals surface area contributed by atoms with Gasteiger partial charge in [0, 0.05) is 38.2 Å². The quantitative estimate of drug-likeness (QED) is 0.183. The number of nitrogens with zero attached hydrogens (tertiary/aromatic N) is 3. The molecule has 0 aliphatic rings. The van der Waals surface area contributed by atoms with Gasteiger partial charge in [0.15, 0.2) is 0 Å². The van der Waals surface area contributed by atoms with Crippen LogP contribution in [0.15, 0.2) is 119 Å². The van der Waals surface area contributed by atoms with Crippen LogP contribution in [-0.2, 0) is 26.5 Å². The normalized spacial score (nSPS) is 11.7. The van der Waals surface area contributed by atoms with Crippen LogP contribution in [-0.4, -0.2) is 19.6 Å². The monoisotopic (exact) mass is 745 g/mol. The fourth-order valence-electron chi connectivity index (χ4n) is 5.41. The van der Waals surface area contributed by atoms with Crippen molar-refractivity contribution in [3.63, 3.8) is 0 Å². The fourth-order valence-corrected chi connectivity index (χ4v) is 6.20. The van der Waals surface area contributed by atoms with E-state index in [0.29, 0.717) is 5.52 Å². The molecule has 4 aromatic carbocycles. The maximum absolute atomic E-state index is 10.8. The molecule has 0 fully saturated rings. The van der Waals surface area contributed by atoms with E-state index in [1.807, 2.05) is 36.5 Å². The summed E-state index contributed by atoms with van der Waals surface area (Å²) in [4.78, 5) is 10.5. The van der Waals surface area contributed by atoms with Crippen LogP contribution >= 0.6 is 11.8 Å². The Morgan fingerprint density at radius 3 is 2.29 bits per heavy atom. The predicted octanol–water partition coefficient (Wildman–Crippen LogP) is 9.35. The second-order valence-electron chi connectivity index (χ2n) is 11.2. The van der Waals surface area contributed by atoms with Crippen molar-refractivity contribution in [2.75, 3.05) is 0 Å². The molecule has 0 spiro atoms. The minimum absolute atomic E-state index is 0. The number of phenolic OH excluding ortho intramolecular Hbond substituents is 1. The van der Waals surface area contributed by atoms with Crippen LogP contribution < -0.4 is 0 Å². The zero-order valence-electron chi connectivity index (χ0n) is 23.4. The van der Waals surface area contributed by atoms with Gasteiger partial charge in [0.1, 0.15) is 17.1 Å². The van der Waals surface area contributed by atoms with E-state index in [1.54, 1.807) is 6.07 Å². The van der Waals surface area contributed by atoms with Gasteiger partial charge < -0.3 is 9.67 Å². The maximum atomic E-state index is 10.8. The average molecular weight is 746 g/mol. The van der Waals surface area contributed by atoms with Crippen LogP contribution in [0.1, 0.15) is 26.3 Å². The molecule has 42 heavy (non-hydrogen) atoms. The molecule has 0 unspecified atom stereocenters. The summed E-state index contributed by atoms with van der Waals surface area (Å²) >= 11 is 1.53. The third-order valence-corrected chi connectivity index (χ3v) is 8.42. The fraction of sp³-hybridized carbons (Fsp3) is 0.111. The van der Waals surface area contributed by atoms with Crippen LogP contribution in [0.4, 0.5) is 0 Å². The Morgan fingerprint density at radius 1 is 0.762 bits per heavy atom. The van der Waals surface area contributed by atoms with Crippen LogP contribution in [0.3, 0.4) is 0 Å². The molecule has 0 radical (unpaired) electrons. The van der Waals surface area contributed by atoms with E-state index >= 15 is 0 Å². The largest absolute Gasteiger partial charge is 0.506 e. The van der Waals surface area contributed by atoms with Crippen molar-refractivity contribution in [3.8, 4) is 22.7 Å². The van der Waals surface area contributed by atoms with Gasteiger partial charge in [-0.15, -0.1) is 11.5 Å². The van der Waals surface area contributed by atoms with E-state index < -0.39 is 0 Å². The molecule has 7 aromatic rings. The second-order valence-corrected chi connectivity index (χ2v) is 12.3. The van der Waals surface area contributed by atoms with E-state index in [0.717, 1.165) is 54.1 Å². The number of aromatic nitrogens is 3. The molecule has 0 aliphatic heterocycles. The molecule has 4 nitrogen and oxygen atoms in total. The number of benzene rings is 4. The van der Waals surface area contributed by atoms with Crippen molar-refractivity contribution < 1.29 is 26.2 Å². The number of hydrogen-bond acceptors (Lipinski definition) is 4. The van der Waals surface area contributed by atoms with Crippen molar-refractivity contribution in [2.24, 2.45) is 0 Å². The number of phenols is 1. The molecular weight excluding hydrogens is 718 g/mol. The van der Waals surface area contributed by atoms with Gasteiger partial charge in [0.2, 0.25) is 0 Å². The smallest absolute Gasteiger partial charge is 0.141 e. The van der Waals surface area contributed by atoms with Gasteiger partial charge in [-0.3, -0.25) is 0 Å². The van der Waals surface area contributed by atoms with E-state index in [-0.39, 0.29) is 32.2 Å². The number of hydrogen-bond donors (Lipinski definition) is 1. The van der Waals surface area contributed by atoms with Crippen molar-refractivity contribution in [2.45, 2.75) is 36.1 Å². The molecule has 0 aliphatic carbocycles. The Bertz CT molecular complexity index is 2060. The molecule has 0 saturated heterocycles. The standard InChI is InChI=1S/C36H28N3OS.Pt/c1-36(2,3)24-13-11-23(12-14-24)26-17-19-32(40)35-29(26)18-20-34(38-35)41-25-15-16-28-27-8-4-5-9-30(27)39(31(28)22-25)33-10-6-7-21-37-33;/h4-21,40H,1-3H3;/q-1;. The molecule has 1 N–H and O–H groups in total. The van der Waals surface area contributed by atoms with Gasteiger partial charge in [-0.1, -0.05) is 91.5 Å². The molecule has 210 valence electrons. The molecule has 0 amide bonds. The first-order valence-corrected chi connectivity index (χ1v) is 14.5. The first kappa shape index (κ1) is 28.2. The minimum Gasteiger partial charge on any atom is -0.506 e. The summed E-state index contributed by atoms with van der Waals surface area (Å²) in [7, 11) is 0. The summed E-state index contributed by atoms with van der Waals surface area (Å²) in [6.07, 6.45) is 1.81. The predicted molar refractivity (Wildman–Crippen MR) is 169 cm³/mol. The summed E-state index contributed by atoms with van der Waals surface area (Å²) in [6.45, 7) is 6.65. The summed E-state index contributed by atoms with van der Waals surface area (Å²) in [5.41, 5.74) is 6.19. The molecule has 7 rings (SSSR count). The van der Waals surface area contributed by atoms with Gasteiger partial charge in [-0.2, -0.15) is 12.1 Å². The topological polar surface area (TPSA) is 50.9 Å². The number of aromatic hydroxyl groups is 1. The van der Waals surface area contributed by atoms with Crippen LogP contribution in [0.5, 0.6) is 5.75 Å². The Kier molecular flexibility index (Phi) is 7.42. The van der Waals surface area contributed by atoms with Gasteiger partial charge in [-0.05, 0) is 70.0 Å². The summed E-state index contributed by atoms with van der Waals surface area (Å²) < 4.78 is 2.16. The van der Waals surface area contributed by atoms with Crippen molar-refractivity contribution in [1.29, 1.82) is 0 Å². The Labute approximate surface area is 263 Å². The zero-order chi connectivity index (χ0) is 28.1.